The number of hydrogen-bond acceptors (Lipinski definition) is 9. The van der Waals surface area contributed by atoms with Gasteiger partial charge in [-0.25, -0.2) is 4.98 Å². The number of pyridine rings is 1. The van der Waals surface area contributed by atoms with Gasteiger partial charge in [-0.1, -0.05) is 55.8 Å². The van der Waals surface area contributed by atoms with E-state index in [2.05, 4.69) is 21.4 Å². The number of carboxylic acids is 1. The first-order valence-corrected chi connectivity index (χ1v) is 15.4. The van der Waals surface area contributed by atoms with Gasteiger partial charge in [0.25, 0.3) is 0 Å². The predicted octanol–water partition coefficient (Wildman–Crippen LogP) is 6.63. The van der Waals surface area contributed by atoms with Crippen LogP contribution in [0.15, 0.2) is 79.3 Å². The number of benzene rings is 3. The number of carboxylic acid groups (broad SMARTS) is 1. The second-order valence-corrected chi connectivity index (χ2v) is 11.1. The SMILES string of the molecule is CC.Cc1c(COc2cc(OCc3cncc(C#N)c3)c(CNC(C)(CO)C(=O)O)cc2Cl)cccc1-c1cnc2ccccc2n1. The van der Waals surface area contributed by atoms with E-state index in [0.29, 0.717) is 33.2 Å². The monoisotopic (exact) mass is 653 g/mol. The molecule has 0 saturated carbocycles. The molecule has 3 aromatic carbocycles. The van der Waals surface area contributed by atoms with Gasteiger partial charge in [0.05, 0.1) is 40.1 Å². The zero-order chi connectivity index (χ0) is 34.0. The molecule has 10 nitrogen and oxygen atoms in total. The van der Waals surface area contributed by atoms with E-state index in [4.69, 9.17) is 26.1 Å². The highest BCUT2D eigenvalue weighted by Gasteiger charge is 2.32. The number of nitrogens with zero attached hydrogens (tertiary/aromatic N) is 4. The molecule has 0 amide bonds. The van der Waals surface area contributed by atoms with Crippen LogP contribution in [-0.2, 0) is 24.6 Å². The van der Waals surface area contributed by atoms with Crippen molar-refractivity contribution in [2.45, 2.75) is 53.0 Å². The molecule has 3 N–H and O–H groups in total. The van der Waals surface area contributed by atoms with E-state index in [-0.39, 0.29) is 19.8 Å². The van der Waals surface area contributed by atoms with Gasteiger partial charge in [0, 0.05) is 41.7 Å². The molecule has 0 aliphatic carbocycles. The number of halogens is 1. The Bertz CT molecular complexity index is 1910. The Kier molecular flexibility index (Phi) is 11.8. The van der Waals surface area contributed by atoms with Crippen LogP contribution in [-0.4, -0.2) is 43.3 Å². The summed E-state index contributed by atoms with van der Waals surface area (Å²) in [6.07, 6.45) is 4.81. The number of nitriles is 1. The lowest BCUT2D eigenvalue weighted by atomic mass is 10.0. The fourth-order valence-electron chi connectivity index (χ4n) is 4.60. The summed E-state index contributed by atoms with van der Waals surface area (Å²) >= 11 is 6.65. The minimum absolute atomic E-state index is 0.0309. The Morgan fingerprint density at radius 1 is 0.979 bits per heavy atom. The van der Waals surface area contributed by atoms with Crippen LogP contribution in [0.2, 0.25) is 5.02 Å². The Morgan fingerprint density at radius 2 is 1.72 bits per heavy atom. The Balaban J connectivity index is 0.00000245. The van der Waals surface area contributed by atoms with E-state index >= 15 is 0 Å². The van der Waals surface area contributed by atoms with Crippen LogP contribution in [0.1, 0.15) is 48.6 Å². The number of aromatic nitrogens is 3. The van der Waals surface area contributed by atoms with Crippen molar-refractivity contribution in [3.8, 4) is 28.8 Å². The van der Waals surface area contributed by atoms with Crippen LogP contribution < -0.4 is 14.8 Å². The fraction of sp³-hybridized carbons (Fsp3) is 0.250. The molecule has 242 valence electrons. The molecule has 1 unspecified atom stereocenters. The van der Waals surface area contributed by atoms with Crippen LogP contribution in [0.25, 0.3) is 22.3 Å². The van der Waals surface area contributed by atoms with E-state index in [1.807, 2.05) is 63.2 Å². The van der Waals surface area contributed by atoms with Gasteiger partial charge in [0.15, 0.2) is 0 Å². The quantitative estimate of drug-likeness (QED) is 0.134. The zero-order valence-corrected chi connectivity index (χ0v) is 27.4. The number of aliphatic carboxylic acids is 1. The summed E-state index contributed by atoms with van der Waals surface area (Å²) in [6.45, 7) is 7.08. The van der Waals surface area contributed by atoms with Gasteiger partial charge in [0.2, 0.25) is 0 Å². The summed E-state index contributed by atoms with van der Waals surface area (Å²) in [4.78, 5) is 25.1. The number of carbonyl (C=O) groups is 1. The van der Waals surface area contributed by atoms with Crippen LogP contribution in [0, 0.1) is 18.3 Å². The molecule has 0 aliphatic heterocycles. The first-order valence-electron chi connectivity index (χ1n) is 15.0. The molecule has 2 aromatic heterocycles. The highest BCUT2D eigenvalue weighted by atomic mass is 35.5. The van der Waals surface area contributed by atoms with E-state index in [9.17, 15) is 20.3 Å². The molecule has 2 heterocycles. The average molecular weight is 654 g/mol. The van der Waals surface area contributed by atoms with Crippen molar-refractivity contribution in [3.05, 3.63) is 112 Å². The summed E-state index contributed by atoms with van der Waals surface area (Å²) < 4.78 is 12.3. The minimum Gasteiger partial charge on any atom is -0.488 e. The van der Waals surface area contributed by atoms with E-state index in [1.54, 1.807) is 30.6 Å². The Hall–Kier alpha value is -5.08. The molecule has 0 aliphatic rings. The summed E-state index contributed by atoms with van der Waals surface area (Å²) in [6, 6.07) is 20.6. The molecule has 0 bridgehead atoms. The highest BCUT2D eigenvalue weighted by molar-refractivity contribution is 6.32. The number of hydrogen-bond donors (Lipinski definition) is 3. The van der Waals surface area contributed by atoms with Gasteiger partial charge in [-0.3, -0.25) is 20.1 Å². The summed E-state index contributed by atoms with van der Waals surface area (Å²) in [5, 5.41) is 31.6. The van der Waals surface area contributed by atoms with Crippen LogP contribution >= 0.6 is 11.6 Å². The Morgan fingerprint density at radius 3 is 2.45 bits per heavy atom. The van der Waals surface area contributed by atoms with E-state index < -0.39 is 18.1 Å². The third kappa shape index (κ3) is 8.40. The second kappa shape index (κ2) is 16.0. The zero-order valence-electron chi connectivity index (χ0n) is 26.6. The van der Waals surface area contributed by atoms with Crippen LogP contribution in [0.4, 0.5) is 0 Å². The van der Waals surface area contributed by atoms with Crippen molar-refractivity contribution in [2.75, 3.05) is 6.61 Å². The number of ether oxygens (including phenoxy) is 2. The van der Waals surface area contributed by atoms with Gasteiger partial charge < -0.3 is 19.7 Å². The minimum atomic E-state index is -1.58. The number of nitrogens with one attached hydrogen (secondary N) is 1. The maximum absolute atomic E-state index is 11.7. The molecule has 11 heteroatoms. The van der Waals surface area contributed by atoms with Gasteiger partial charge in [0.1, 0.15) is 36.3 Å². The summed E-state index contributed by atoms with van der Waals surface area (Å²) in [5.41, 5.74) is 5.25. The van der Waals surface area contributed by atoms with Crippen molar-refractivity contribution in [2.24, 2.45) is 0 Å². The molecule has 5 rings (SSSR count). The van der Waals surface area contributed by atoms with Crippen molar-refractivity contribution < 1.29 is 24.5 Å². The lowest BCUT2D eigenvalue weighted by Gasteiger charge is -2.25. The number of rotatable bonds is 12. The normalized spacial score (nSPS) is 11.9. The van der Waals surface area contributed by atoms with Crippen molar-refractivity contribution in [1.82, 2.24) is 20.3 Å². The number of aliphatic hydroxyl groups is 1. The molecule has 1 atom stereocenters. The largest absolute Gasteiger partial charge is 0.488 e. The summed E-state index contributed by atoms with van der Waals surface area (Å²) in [7, 11) is 0. The standard InChI is InChI=1S/C34H30ClN5O5.C2H6/c1-21-24(6-5-7-26(21)30-17-38-28-8-3-4-9-29(28)40-30)19-45-32-12-31(44-18-23-10-22(13-36)14-37-15-23)25(11-27(32)35)16-39-34(2,20-41)33(42)43;1-2/h3-12,14-15,17,39,41H,16,18-20H2,1-2H3,(H,42,43);1-2H3. The Labute approximate surface area is 278 Å². The molecule has 0 fully saturated rings. The van der Waals surface area contributed by atoms with Gasteiger partial charge >= 0.3 is 5.97 Å². The first-order chi connectivity index (χ1) is 22.7. The lowest BCUT2D eigenvalue weighted by molar-refractivity contribution is -0.145. The second-order valence-electron chi connectivity index (χ2n) is 10.6. The lowest BCUT2D eigenvalue weighted by Crippen LogP contribution is -2.52. The topological polar surface area (TPSA) is 150 Å². The molecule has 0 saturated heterocycles. The average Bonchev–Trinajstić information content (AvgIpc) is 3.10. The van der Waals surface area contributed by atoms with Crippen molar-refractivity contribution in [1.29, 1.82) is 5.26 Å². The van der Waals surface area contributed by atoms with E-state index in [1.165, 1.54) is 13.1 Å². The first kappa shape index (κ1) is 34.8. The molecule has 47 heavy (non-hydrogen) atoms. The van der Waals surface area contributed by atoms with E-state index in [0.717, 1.165) is 33.4 Å². The van der Waals surface area contributed by atoms with Crippen LogP contribution in [0.3, 0.4) is 0 Å². The number of para-hydroxylation sites is 2. The molecule has 0 radical (unpaired) electrons. The van der Waals surface area contributed by atoms with Crippen molar-refractivity contribution in [3.63, 3.8) is 0 Å². The molecule has 5 aromatic rings. The third-order valence-corrected chi connectivity index (χ3v) is 7.74. The summed E-state index contributed by atoms with van der Waals surface area (Å²) in [5.74, 6) is -0.463. The van der Waals surface area contributed by atoms with Crippen LogP contribution in [0.5, 0.6) is 11.5 Å². The smallest absolute Gasteiger partial charge is 0.326 e. The maximum Gasteiger partial charge on any atom is 0.326 e. The third-order valence-electron chi connectivity index (χ3n) is 7.44. The molecule has 0 spiro atoms. The van der Waals surface area contributed by atoms with Gasteiger partial charge in [-0.2, -0.15) is 5.26 Å². The molecular weight excluding hydrogens is 618 g/mol. The maximum atomic E-state index is 11.7. The predicted molar refractivity (Wildman–Crippen MR) is 180 cm³/mol. The highest BCUT2D eigenvalue weighted by Crippen LogP contribution is 2.35. The van der Waals surface area contributed by atoms with Gasteiger partial charge in [-0.15, -0.1) is 0 Å². The van der Waals surface area contributed by atoms with Crippen molar-refractivity contribution >= 4 is 28.6 Å². The fourth-order valence-corrected chi connectivity index (χ4v) is 4.84. The van der Waals surface area contributed by atoms with Gasteiger partial charge in [-0.05, 0) is 49.2 Å². The molecular formula is C36H36ClN5O5. The number of fused-ring (bicyclic) bond motifs is 1. The number of aliphatic hydroxyl groups excluding tert-OH is 1.